The van der Waals surface area contributed by atoms with Crippen molar-refractivity contribution in [1.29, 1.82) is 0 Å². The molecule has 9 nitrogen and oxygen atoms in total. The number of aryl methyl sites for hydroxylation is 3. The van der Waals surface area contributed by atoms with Gasteiger partial charge >= 0.3 is 0 Å². The van der Waals surface area contributed by atoms with Crippen molar-refractivity contribution in [2.45, 2.75) is 13.0 Å². The van der Waals surface area contributed by atoms with E-state index in [4.69, 9.17) is 0 Å². The number of nitrogens with one attached hydrogen (secondary N) is 3. The molecule has 3 heterocycles. The lowest BCUT2D eigenvalue weighted by Crippen LogP contribution is -2.30. The molecule has 0 fully saturated rings. The number of aromatic nitrogens is 6. The maximum Gasteiger partial charge on any atom is 0.247 e. The number of carbonyl (C=O) groups is 1. The lowest BCUT2D eigenvalue weighted by atomic mass is 10.1. The standard InChI is InChI=1S/C13H18N8O.ClH/c1-7-9-11(17-18-12(9)21(4)19-7)16-13(22)10(14-2)8-5-15-20(3)6-8;/h5-6,10,14H,1-4H3,(H2,16,17,18,22);1H. The summed E-state index contributed by atoms with van der Waals surface area (Å²) in [6, 6.07) is -0.496. The Morgan fingerprint density at radius 2 is 2.13 bits per heavy atom. The predicted molar refractivity (Wildman–Crippen MR) is 88.5 cm³/mol. The summed E-state index contributed by atoms with van der Waals surface area (Å²) in [5.74, 6) is 0.360. The summed E-state index contributed by atoms with van der Waals surface area (Å²) >= 11 is 0. The highest BCUT2D eigenvalue weighted by atomic mass is 35.5. The van der Waals surface area contributed by atoms with Crippen LogP contribution in [-0.4, -0.2) is 42.7 Å². The summed E-state index contributed by atoms with van der Waals surface area (Å²) in [5, 5.41) is 22.1. The minimum atomic E-state index is -0.496. The van der Waals surface area contributed by atoms with Crippen molar-refractivity contribution in [3.8, 4) is 0 Å². The third-order valence-corrected chi connectivity index (χ3v) is 3.57. The number of fused-ring (bicyclic) bond motifs is 1. The van der Waals surface area contributed by atoms with Crippen LogP contribution in [0.1, 0.15) is 17.3 Å². The van der Waals surface area contributed by atoms with Gasteiger partial charge in [-0.25, -0.2) is 4.68 Å². The second-order valence-corrected chi connectivity index (χ2v) is 5.16. The molecule has 3 aromatic rings. The van der Waals surface area contributed by atoms with E-state index in [1.54, 1.807) is 28.8 Å². The van der Waals surface area contributed by atoms with E-state index >= 15 is 0 Å². The SMILES string of the molecule is CNC(C(=O)Nc1[nH]nc2c1c(C)nn2C)c1cnn(C)c1.Cl. The van der Waals surface area contributed by atoms with Gasteiger partial charge in [0.25, 0.3) is 0 Å². The molecule has 3 rings (SSSR count). The van der Waals surface area contributed by atoms with E-state index in [9.17, 15) is 4.79 Å². The third kappa shape index (κ3) is 2.92. The molecule has 1 amide bonds. The topological polar surface area (TPSA) is 105 Å². The summed E-state index contributed by atoms with van der Waals surface area (Å²) in [4.78, 5) is 12.5. The second kappa shape index (κ2) is 6.39. The predicted octanol–water partition coefficient (Wildman–Crippen LogP) is 0.659. The molecule has 124 valence electrons. The van der Waals surface area contributed by atoms with Gasteiger partial charge in [0, 0.05) is 25.9 Å². The fraction of sp³-hybridized carbons (Fsp3) is 0.385. The normalized spacial score (nSPS) is 12.2. The van der Waals surface area contributed by atoms with Crippen LogP contribution in [0.25, 0.3) is 11.0 Å². The number of carbonyl (C=O) groups excluding carboxylic acids is 1. The van der Waals surface area contributed by atoms with Gasteiger partial charge in [0.15, 0.2) is 5.65 Å². The molecule has 1 atom stereocenters. The van der Waals surface area contributed by atoms with E-state index in [0.717, 1.165) is 16.6 Å². The van der Waals surface area contributed by atoms with E-state index in [1.165, 1.54) is 0 Å². The maximum atomic E-state index is 12.5. The van der Waals surface area contributed by atoms with Crippen molar-refractivity contribution in [2.24, 2.45) is 14.1 Å². The molecule has 0 aliphatic carbocycles. The second-order valence-electron chi connectivity index (χ2n) is 5.16. The Morgan fingerprint density at radius 3 is 2.74 bits per heavy atom. The number of rotatable bonds is 4. The van der Waals surface area contributed by atoms with E-state index in [0.29, 0.717) is 11.5 Å². The average Bonchev–Trinajstić information content (AvgIpc) is 3.12. The van der Waals surface area contributed by atoms with Crippen LogP contribution in [0.4, 0.5) is 5.82 Å². The van der Waals surface area contributed by atoms with Crippen molar-refractivity contribution >= 4 is 35.2 Å². The molecule has 10 heteroatoms. The Balaban J connectivity index is 0.00000192. The molecule has 1 unspecified atom stereocenters. The van der Waals surface area contributed by atoms with E-state index in [-0.39, 0.29) is 18.3 Å². The van der Waals surface area contributed by atoms with Crippen LogP contribution >= 0.6 is 12.4 Å². The monoisotopic (exact) mass is 338 g/mol. The van der Waals surface area contributed by atoms with Gasteiger partial charge in [0.05, 0.1) is 17.3 Å². The quantitative estimate of drug-likeness (QED) is 0.648. The van der Waals surface area contributed by atoms with Gasteiger partial charge in [-0.15, -0.1) is 12.4 Å². The summed E-state index contributed by atoms with van der Waals surface area (Å²) in [5.41, 5.74) is 2.31. The summed E-state index contributed by atoms with van der Waals surface area (Å²) in [6.45, 7) is 1.88. The minimum absolute atomic E-state index is 0. The van der Waals surface area contributed by atoms with Crippen LogP contribution in [0.5, 0.6) is 0 Å². The lowest BCUT2D eigenvalue weighted by Gasteiger charge is -2.13. The maximum absolute atomic E-state index is 12.5. The van der Waals surface area contributed by atoms with Crippen molar-refractivity contribution in [3.05, 3.63) is 23.7 Å². The van der Waals surface area contributed by atoms with E-state index in [2.05, 4.69) is 31.0 Å². The summed E-state index contributed by atoms with van der Waals surface area (Å²) in [7, 11) is 5.36. The van der Waals surface area contributed by atoms with Crippen LogP contribution in [-0.2, 0) is 18.9 Å². The smallest absolute Gasteiger partial charge is 0.247 e. The Morgan fingerprint density at radius 1 is 1.39 bits per heavy atom. The Kier molecular flexibility index (Phi) is 4.71. The largest absolute Gasteiger partial charge is 0.309 e. The van der Waals surface area contributed by atoms with Gasteiger partial charge in [0.1, 0.15) is 11.9 Å². The minimum Gasteiger partial charge on any atom is -0.309 e. The van der Waals surface area contributed by atoms with Gasteiger partial charge in [0.2, 0.25) is 5.91 Å². The molecule has 23 heavy (non-hydrogen) atoms. The lowest BCUT2D eigenvalue weighted by molar-refractivity contribution is -0.118. The van der Waals surface area contributed by atoms with Crippen LogP contribution < -0.4 is 10.6 Å². The fourth-order valence-corrected chi connectivity index (χ4v) is 2.56. The summed E-state index contributed by atoms with van der Waals surface area (Å²) in [6.07, 6.45) is 3.47. The zero-order valence-corrected chi connectivity index (χ0v) is 14.1. The Labute approximate surface area is 138 Å². The fourth-order valence-electron chi connectivity index (χ4n) is 2.56. The molecule has 0 aliphatic rings. The highest BCUT2D eigenvalue weighted by Crippen LogP contribution is 2.24. The molecule has 0 bridgehead atoms. The Hall–Kier alpha value is -2.39. The van der Waals surface area contributed by atoms with E-state index in [1.807, 2.05) is 21.0 Å². The summed E-state index contributed by atoms with van der Waals surface area (Å²) < 4.78 is 3.33. The number of hydrogen-bond donors (Lipinski definition) is 3. The van der Waals surface area contributed by atoms with Gasteiger partial charge in [-0.2, -0.15) is 15.3 Å². The van der Waals surface area contributed by atoms with Crippen LogP contribution in [0.15, 0.2) is 12.4 Å². The van der Waals surface area contributed by atoms with Gasteiger partial charge in [-0.3, -0.25) is 14.6 Å². The van der Waals surface area contributed by atoms with Gasteiger partial charge < -0.3 is 10.6 Å². The number of hydrogen-bond acceptors (Lipinski definition) is 5. The van der Waals surface area contributed by atoms with Crippen molar-refractivity contribution in [1.82, 2.24) is 35.1 Å². The molecular formula is C13H19ClN8O. The highest BCUT2D eigenvalue weighted by molar-refractivity contribution is 6.02. The number of aromatic amines is 1. The van der Waals surface area contributed by atoms with Crippen molar-refractivity contribution in [3.63, 3.8) is 0 Å². The molecule has 0 radical (unpaired) electrons. The van der Waals surface area contributed by atoms with Crippen molar-refractivity contribution in [2.75, 3.05) is 12.4 Å². The molecular weight excluding hydrogens is 320 g/mol. The number of H-pyrrole nitrogens is 1. The Bertz CT molecular complexity index is 832. The zero-order chi connectivity index (χ0) is 15.9. The number of halogens is 1. The van der Waals surface area contributed by atoms with Gasteiger partial charge in [-0.05, 0) is 14.0 Å². The number of likely N-dealkylation sites (N-methyl/N-ethyl adjacent to an activating group) is 1. The highest BCUT2D eigenvalue weighted by Gasteiger charge is 2.23. The first-order valence-electron chi connectivity index (χ1n) is 6.85. The average molecular weight is 339 g/mol. The molecule has 3 aromatic heterocycles. The molecule has 0 saturated heterocycles. The number of anilines is 1. The first-order valence-corrected chi connectivity index (χ1v) is 6.85. The molecule has 0 aromatic carbocycles. The first-order chi connectivity index (χ1) is 10.5. The number of amides is 1. The molecule has 0 saturated carbocycles. The molecule has 0 aliphatic heterocycles. The van der Waals surface area contributed by atoms with E-state index < -0.39 is 6.04 Å². The van der Waals surface area contributed by atoms with Gasteiger partial charge in [-0.1, -0.05) is 0 Å². The first kappa shape index (κ1) is 17.0. The third-order valence-electron chi connectivity index (χ3n) is 3.57. The molecule has 3 N–H and O–H groups in total. The van der Waals surface area contributed by atoms with Crippen LogP contribution in [0.3, 0.4) is 0 Å². The zero-order valence-electron chi connectivity index (χ0n) is 13.3. The number of nitrogens with zero attached hydrogens (tertiary/aromatic N) is 5. The molecule has 0 spiro atoms. The van der Waals surface area contributed by atoms with Crippen LogP contribution in [0, 0.1) is 6.92 Å². The van der Waals surface area contributed by atoms with Crippen molar-refractivity contribution < 1.29 is 4.79 Å². The van der Waals surface area contributed by atoms with Crippen LogP contribution in [0.2, 0.25) is 0 Å².